The molecule has 0 atom stereocenters. The predicted octanol–water partition coefficient (Wildman–Crippen LogP) is 3.63. The van der Waals surface area contributed by atoms with E-state index in [1.807, 2.05) is 25.1 Å². The molecule has 0 aliphatic heterocycles. The highest BCUT2D eigenvalue weighted by molar-refractivity contribution is 5.91. The fourth-order valence-electron chi connectivity index (χ4n) is 2.08. The van der Waals surface area contributed by atoms with Crippen LogP contribution < -0.4 is 15.8 Å². The maximum Gasteiger partial charge on any atom is 0.224 e. The van der Waals surface area contributed by atoms with Crippen LogP contribution >= 0.6 is 0 Å². The lowest BCUT2D eigenvalue weighted by Gasteiger charge is -2.11. The smallest absolute Gasteiger partial charge is 0.224 e. The zero-order valence-corrected chi connectivity index (χ0v) is 13.3. The lowest BCUT2D eigenvalue weighted by molar-refractivity contribution is -0.116. The molecular weight excluding hydrogens is 264 g/mol. The van der Waals surface area contributed by atoms with Crippen LogP contribution in [0.1, 0.15) is 51.0 Å². The molecule has 0 bridgehead atoms. The maximum atomic E-state index is 11.9. The van der Waals surface area contributed by atoms with Crippen molar-refractivity contribution in [2.75, 3.05) is 18.5 Å². The maximum absolute atomic E-state index is 11.9. The summed E-state index contributed by atoms with van der Waals surface area (Å²) in [5.74, 6) is 0.933. The third-order valence-corrected chi connectivity index (χ3v) is 3.30. The van der Waals surface area contributed by atoms with E-state index in [1.165, 1.54) is 0 Å². The summed E-state index contributed by atoms with van der Waals surface area (Å²) in [6.07, 6.45) is 5.68. The number of nitrogens with two attached hydrogens (primary N) is 1. The van der Waals surface area contributed by atoms with Gasteiger partial charge in [-0.3, -0.25) is 4.79 Å². The standard InChI is InChI=1S/C17H28N2O2/c1-3-12-21-15-9-10-16(14(2)13-15)19-17(20)8-6-4-5-7-11-18/h9-10,13H,3-8,11-12,18H2,1-2H3,(H,19,20). The summed E-state index contributed by atoms with van der Waals surface area (Å²) in [7, 11) is 0. The number of ether oxygens (including phenoxy) is 1. The SMILES string of the molecule is CCCOc1ccc(NC(=O)CCCCCCN)c(C)c1. The summed E-state index contributed by atoms with van der Waals surface area (Å²) in [5, 5.41) is 2.97. The van der Waals surface area contributed by atoms with Gasteiger partial charge in [0.1, 0.15) is 5.75 Å². The number of unbranched alkanes of at least 4 members (excludes halogenated alkanes) is 3. The molecule has 0 saturated heterocycles. The number of carbonyl (C=O) groups is 1. The quantitative estimate of drug-likeness (QED) is 0.647. The minimum atomic E-state index is 0.0769. The van der Waals surface area contributed by atoms with Crippen molar-refractivity contribution in [3.63, 3.8) is 0 Å². The Morgan fingerprint density at radius 3 is 2.67 bits per heavy atom. The average molecular weight is 292 g/mol. The molecule has 1 rings (SSSR count). The van der Waals surface area contributed by atoms with Crippen LogP contribution in [0.3, 0.4) is 0 Å². The number of aryl methyl sites for hydroxylation is 1. The van der Waals surface area contributed by atoms with Crippen LogP contribution in [0.15, 0.2) is 18.2 Å². The molecule has 0 unspecified atom stereocenters. The third kappa shape index (κ3) is 7.14. The fourth-order valence-corrected chi connectivity index (χ4v) is 2.08. The van der Waals surface area contributed by atoms with Crippen molar-refractivity contribution in [3.05, 3.63) is 23.8 Å². The molecule has 1 aromatic carbocycles. The van der Waals surface area contributed by atoms with Crippen LogP contribution in [0.5, 0.6) is 5.75 Å². The topological polar surface area (TPSA) is 64.3 Å². The van der Waals surface area contributed by atoms with Gasteiger partial charge in [0.25, 0.3) is 0 Å². The van der Waals surface area contributed by atoms with Crippen molar-refractivity contribution >= 4 is 11.6 Å². The Hall–Kier alpha value is -1.55. The summed E-state index contributed by atoms with van der Waals surface area (Å²) in [4.78, 5) is 11.9. The number of hydrogen-bond acceptors (Lipinski definition) is 3. The molecule has 0 saturated carbocycles. The molecule has 4 nitrogen and oxygen atoms in total. The zero-order chi connectivity index (χ0) is 15.5. The summed E-state index contributed by atoms with van der Waals surface area (Å²) < 4.78 is 5.58. The lowest BCUT2D eigenvalue weighted by Crippen LogP contribution is -2.12. The molecule has 0 spiro atoms. The van der Waals surface area contributed by atoms with Gasteiger partial charge in [-0.05, 0) is 56.5 Å². The van der Waals surface area contributed by atoms with Gasteiger partial charge in [-0.2, -0.15) is 0 Å². The number of rotatable bonds is 10. The second kappa shape index (κ2) is 10.2. The first kappa shape index (κ1) is 17.5. The highest BCUT2D eigenvalue weighted by Crippen LogP contribution is 2.21. The molecule has 0 aliphatic rings. The van der Waals surface area contributed by atoms with Gasteiger partial charge in [0.05, 0.1) is 6.61 Å². The molecule has 0 fully saturated rings. The minimum Gasteiger partial charge on any atom is -0.494 e. The molecule has 0 aliphatic carbocycles. The highest BCUT2D eigenvalue weighted by Gasteiger charge is 2.06. The molecule has 3 N–H and O–H groups in total. The minimum absolute atomic E-state index is 0.0769. The van der Waals surface area contributed by atoms with E-state index in [0.29, 0.717) is 13.0 Å². The average Bonchev–Trinajstić information content (AvgIpc) is 2.47. The van der Waals surface area contributed by atoms with Crippen molar-refractivity contribution in [2.45, 2.75) is 52.4 Å². The Bertz CT molecular complexity index is 433. The second-order valence-corrected chi connectivity index (χ2v) is 5.33. The van der Waals surface area contributed by atoms with Crippen molar-refractivity contribution in [3.8, 4) is 5.75 Å². The van der Waals surface area contributed by atoms with Crippen molar-refractivity contribution in [2.24, 2.45) is 5.73 Å². The van der Waals surface area contributed by atoms with Gasteiger partial charge in [-0.15, -0.1) is 0 Å². The Morgan fingerprint density at radius 1 is 1.24 bits per heavy atom. The number of hydrogen-bond donors (Lipinski definition) is 2. The van der Waals surface area contributed by atoms with E-state index in [2.05, 4.69) is 12.2 Å². The molecule has 0 heterocycles. The lowest BCUT2D eigenvalue weighted by atomic mass is 10.1. The molecule has 1 aromatic rings. The van der Waals surface area contributed by atoms with E-state index in [4.69, 9.17) is 10.5 Å². The zero-order valence-electron chi connectivity index (χ0n) is 13.3. The van der Waals surface area contributed by atoms with Crippen LogP contribution in [-0.4, -0.2) is 19.1 Å². The Balaban J connectivity index is 2.38. The molecule has 21 heavy (non-hydrogen) atoms. The predicted molar refractivity (Wildman–Crippen MR) is 87.7 cm³/mol. The van der Waals surface area contributed by atoms with Crippen molar-refractivity contribution in [1.29, 1.82) is 0 Å². The highest BCUT2D eigenvalue weighted by atomic mass is 16.5. The van der Waals surface area contributed by atoms with Gasteiger partial charge in [-0.25, -0.2) is 0 Å². The molecule has 0 aromatic heterocycles. The van der Waals surface area contributed by atoms with Crippen LogP contribution in [0.25, 0.3) is 0 Å². The number of carbonyl (C=O) groups excluding carboxylic acids is 1. The number of nitrogens with one attached hydrogen (secondary N) is 1. The summed E-state index contributed by atoms with van der Waals surface area (Å²) in [6, 6.07) is 5.78. The monoisotopic (exact) mass is 292 g/mol. The van der Waals surface area contributed by atoms with Crippen LogP contribution in [0.2, 0.25) is 0 Å². The van der Waals surface area contributed by atoms with E-state index in [1.54, 1.807) is 0 Å². The first-order chi connectivity index (χ1) is 10.2. The molecule has 118 valence electrons. The van der Waals surface area contributed by atoms with Crippen LogP contribution in [0, 0.1) is 6.92 Å². The first-order valence-corrected chi connectivity index (χ1v) is 7.90. The van der Waals surface area contributed by atoms with Crippen LogP contribution in [-0.2, 0) is 4.79 Å². The van der Waals surface area contributed by atoms with E-state index in [0.717, 1.165) is 55.6 Å². The molecule has 4 heteroatoms. The third-order valence-electron chi connectivity index (χ3n) is 3.30. The summed E-state index contributed by atoms with van der Waals surface area (Å²) in [6.45, 7) is 5.51. The van der Waals surface area contributed by atoms with Crippen LogP contribution in [0.4, 0.5) is 5.69 Å². The van der Waals surface area contributed by atoms with Gasteiger partial charge >= 0.3 is 0 Å². The second-order valence-electron chi connectivity index (χ2n) is 5.33. The number of anilines is 1. The van der Waals surface area contributed by atoms with Gasteiger partial charge in [0.2, 0.25) is 5.91 Å². The van der Waals surface area contributed by atoms with E-state index < -0.39 is 0 Å². The fraction of sp³-hybridized carbons (Fsp3) is 0.588. The van der Waals surface area contributed by atoms with Gasteiger partial charge in [-0.1, -0.05) is 19.8 Å². The number of amides is 1. The number of benzene rings is 1. The largest absolute Gasteiger partial charge is 0.494 e. The van der Waals surface area contributed by atoms with E-state index >= 15 is 0 Å². The van der Waals surface area contributed by atoms with Crippen molar-refractivity contribution < 1.29 is 9.53 Å². The van der Waals surface area contributed by atoms with Gasteiger partial charge in [0.15, 0.2) is 0 Å². The Labute approximate surface area is 128 Å². The Kier molecular flexibility index (Phi) is 8.51. The summed E-state index contributed by atoms with van der Waals surface area (Å²) >= 11 is 0. The van der Waals surface area contributed by atoms with E-state index in [9.17, 15) is 4.79 Å². The molecule has 1 amide bonds. The summed E-state index contributed by atoms with van der Waals surface area (Å²) in [5.41, 5.74) is 7.34. The normalized spacial score (nSPS) is 10.4. The molecular formula is C17H28N2O2. The van der Waals surface area contributed by atoms with Crippen molar-refractivity contribution in [1.82, 2.24) is 0 Å². The van der Waals surface area contributed by atoms with Gasteiger partial charge in [0, 0.05) is 12.1 Å². The first-order valence-electron chi connectivity index (χ1n) is 7.90. The molecule has 0 radical (unpaired) electrons. The van der Waals surface area contributed by atoms with E-state index in [-0.39, 0.29) is 5.91 Å². The Morgan fingerprint density at radius 2 is 2.00 bits per heavy atom. The van der Waals surface area contributed by atoms with Gasteiger partial charge < -0.3 is 15.8 Å².